The van der Waals surface area contributed by atoms with Crippen LogP contribution in [0, 0.1) is 13.8 Å². The first-order valence-corrected chi connectivity index (χ1v) is 15.4. The number of methoxy groups -OCH3 is 1. The van der Waals surface area contributed by atoms with Gasteiger partial charge in [0.1, 0.15) is 18.1 Å². The molecule has 8 nitrogen and oxygen atoms in total. The molecule has 1 fully saturated rings. The Labute approximate surface area is 265 Å². The lowest BCUT2D eigenvalue weighted by atomic mass is 9.95. The number of anilines is 1. The Morgan fingerprint density at radius 1 is 0.933 bits per heavy atom. The van der Waals surface area contributed by atoms with Gasteiger partial charge in [-0.2, -0.15) is 0 Å². The number of carbonyl (C=O) groups is 2. The van der Waals surface area contributed by atoms with Crippen molar-refractivity contribution in [2.45, 2.75) is 33.4 Å². The molecule has 4 aromatic carbocycles. The standard InChI is InChI=1S/C36H32N2O6S/c1-5-43-28-19-25(13-16-27(28)44-20-23-9-7-6-8-10-23)32-30(33(39)24-11-14-26(42-4)15-12-24)34(40)35(41)38(32)36-37-31-22(3)17-21(2)18-29(31)45-36/h6-19,32,39H,5,20H2,1-4H3. The first-order chi connectivity index (χ1) is 21.8. The number of aryl methyl sites for hydroxylation is 2. The van der Waals surface area contributed by atoms with Crippen LogP contribution in [0.3, 0.4) is 0 Å². The molecule has 0 bridgehead atoms. The second kappa shape index (κ2) is 12.5. The minimum Gasteiger partial charge on any atom is -0.507 e. The van der Waals surface area contributed by atoms with Crippen molar-refractivity contribution < 1.29 is 28.9 Å². The average molecular weight is 621 g/mol. The third kappa shape index (κ3) is 5.74. The number of nitrogens with zero attached hydrogens (tertiary/aromatic N) is 2. The van der Waals surface area contributed by atoms with E-state index in [0.29, 0.717) is 46.7 Å². The maximum absolute atomic E-state index is 13.8. The molecule has 0 radical (unpaired) electrons. The predicted molar refractivity (Wildman–Crippen MR) is 175 cm³/mol. The topological polar surface area (TPSA) is 98.2 Å². The Balaban J connectivity index is 1.50. The number of aliphatic hydroxyl groups excluding tert-OH is 1. The number of hydrogen-bond donors (Lipinski definition) is 1. The van der Waals surface area contributed by atoms with Gasteiger partial charge in [0.25, 0.3) is 5.78 Å². The Morgan fingerprint density at radius 3 is 2.40 bits per heavy atom. The van der Waals surface area contributed by atoms with Crippen molar-refractivity contribution in [3.05, 3.63) is 118 Å². The summed E-state index contributed by atoms with van der Waals surface area (Å²) in [5.74, 6) is -0.303. The van der Waals surface area contributed by atoms with Crippen LogP contribution >= 0.6 is 11.3 Å². The summed E-state index contributed by atoms with van der Waals surface area (Å²) in [7, 11) is 1.55. The first kappa shape index (κ1) is 29.9. The highest BCUT2D eigenvalue weighted by atomic mass is 32.1. The summed E-state index contributed by atoms with van der Waals surface area (Å²) < 4.78 is 18.3. The number of aliphatic hydroxyl groups is 1. The zero-order valence-corrected chi connectivity index (χ0v) is 26.2. The predicted octanol–water partition coefficient (Wildman–Crippen LogP) is 7.53. The lowest BCUT2D eigenvalue weighted by molar-refractivity contribution is -0.132. The van der Waals surface area contributed by atoms with Gasteiger partial charge in [0.15, 0.2) is 16.6 Å². The molecule has 5 aromatic rings. The summed E-state index contributed by atoms with van der Waals surface area (Å²) >= 11 is 1.33. The molecular weight excluding hydrogens is 588 g/mol. The molecule has 0 saturated carbocycles. The number of ether oxygens (including phenoxy) is 3. The summed E-state index contributed by atoms with van der Waals surface area (Å²) in [5.41, 5.74) is 4.69. The van der Waals surface area contributed by atoms with Gasteiger partial charge < -0.3 is 19.3 Å². The highest BCUT2D eigenvalue weighted by Gasteiger charge is 2.48. The van der Waals surface area contributed by atoms with Crippen molar-refractivity contribution in [2.24, 2.45) is 0 Å². The van der Waals surface area contributed by atoms with E-state index < -0.39 is 17.7 Å². The van der Waals surface area contributed by atoms with E-state index in [1.165, 1.54) is 16.2 Å². The second-order valence-corrected chi connectivity index (χ2v) is 11.7. The summed E-state index contributed by atoms with van der Waals surface area (Å²) in [5, 5.41) is 12.0. The maximum atomic E-state index is 13.8. The van der Waals surface area contributed by atoms with Crippen LogP contribution < -0.4 is 19.1 Å². The van der Waals surface area contributed by atoms with Crippen molar-refractivity contribution in [3.8, 4) is 17.2 Å². The van der Waals surface area contributed by atoms with E-state index in [-0.39, 0.29) is 11.3 Å². The molecule has 6 rings (SSSR count). The summed E-state index contributed by atoms with van der Waals surface area (Å²) in [4.78, 5) is 33.8. The third-order valence-electron chi connectivity index (χ3n) is 7.65. The fourth-order valence-corrected chi connectivity index (χ4v) is 6.70. The number of aromatic nitrogens is 1. The van der Waals surface area contributed by atoms with Crippen molar-refractivity contribution >= 4 is 44.1 Å². The summed E-state index contributed by atoms with van der Waals surface area (Å²) in [6.45, 7) is 6.55. The number of thiazole rings is 1. The van der Waals surface area contributed by atoms with Gasteiger partial charge in [-0.25, -0.2) is 4.98 Å². The highest BCUT2D eigenvalue weighted by molar-refractivity contribution is 7.22. The quantitative estimate of drug-likeness (QED) is 0.103. The lowest BCUT2D eigenvalue weighted by Crippen LogP contribution is -2.29. The number of amides is 1. The molecule has 1 aliphatic rings. The molecular formula is C36H32N2O6S. The molecule has 45 heavy (non-hydrogen) atoms. The Kier molecular flexibility index (Phi) is 8.28. The molecule has 1 atom stereocenters. The van der Waals surface area contributed by atoms with Crippen LogP contribution in [0.15, 0.2) is 90.5 Å². The molecule has 1 N–H and O–H groups in total. The zero-order chi connectivity index (χ0) is 31.7. The number of fused-ring (bicyclic) bond motifs is 1. The van der Waals surface area contributed by atoms with E-state index in [1.807, 2.05) is 63.2 Å². The van der Waals surface area contributed by atoms with Gasteiger partial charge in [-0.05, 0) is 85.5 Å². The van der Waals surface area contributed by atoms with Gasteiger partial charge in [-0.15, -0.1) is 0 Å². The van der Waals surface area contributed by atoms with E-state index in [0.717, 1.165) is 26.9 Å². The Bertz CT molecular complexity index is 1930. The Hall–Kier alpha value is -5.15. The van der Waals surface area contributed by atoms with Gasteiger partial charge in [-0.3, -0.25) is 14.5 Å². The first-order valence-electron chi connectivity index (χ1n) is 14.6. The van der Waals surface area contributed by atoms with Gasteiger partial charge in [0.2, 0.25) is 0 Å². The largest absolute Gasteiger partial charge is 0.507 e. The highest BCUT2D eigenvalue weighted by Crippen LogP contribution is 2.46. The van der Waals surface area contributed by atoms with Gasteiger partial charge in [-0.1, -0.05) is 53.8 Å². The number of carbonyl (C=O) groups excluding carboxylic acids is 2. The molecule has 0 aliphatic carbocycles. The molecule has 1 unspecified atom stereocenters. The normalized spacial score (nSPS) is 15.9. The van der Waals surface area contributed by atoms with Crippen molar-refractivity contribution in [3.63, 3.8) is 0 Å². The fraction of sp³-hybridized carbons (Fsp3) is 0.194. The van der Waals surface area contributed by atoms with E-state index in [9.17, 15) is 14.7 Å². The fourth-order valence-electron chi connectivity index (χ4n) is 5.53. The van der Waals surface area contributed by atoms with Crippen molar-refractivity contribution in [2.75, 3.05) is 18.6 Å². The van der Waals surface area contributed by atoms with E-state index >= 15 is 0 Å². The molecule has 228 valence electrons. The molecule has 1 aromatic heterocycles. The SMILES string of the molecule is CCOc1cc(C2C(=C(O)c3ccc(OC)cc3)C(=O)C(=O)N2c2nc3c(C)cc(C)cc3s2)ccc1OCc1ccccc1. The van der Waals surface area contributed by atoms with Crippen LogP contribution in [0.25, 0.3) is 16.0 Å². The van der Waals surface area contributed by atoms with E-state index in [2.05, 4.69) is 0 Å². The van der Waals surface area contributed by atoms with Crippen molar-refractivity contribution in [1.82, 2.24) is 4.98 Å². The second-order valence-electron chi connectivity index (χ2n) is 10.7. The van der Waals surface area contributed by atoms with E-state index in [1.54, 1.807) is 49.6 Å². The van der Waals surface area contributed by atoms with Crippen LogP contribution in [0.5, 0.6) is 17.2 Å². The lowest BCUT2D eigenvalue weighted by Gasteiger charge is -2.24. The van der Waals surface area contributed by atoms with Crippen LogP contribution in [0.4, 0.5) is 5.13 Å². The minimum atomic E-state index is -0.976. The van der Waals surface area contributed by atoms with Crippen LogP contribution in [-0.4, -0.2) is 35.5 Å². The van der Waals surface area contributed by atoms with Crippen LogP contribution in [0.2, 0.25) is 0 Å². The maximum Gasteiger partial charge on any atom is 0.301 e. The molecule has 0 spiro atoms. The number of ketones is 1. The molecule has 2 heterocycles. The summed E-state index contributed by atoms with van der Waals surface area (Å²) in [6, 6.07) is 24.8. The molecule has 9 heteroatoms. The summed E-state index contributed by atoms with van der Waals surface area (Å²) in [6.07, 6.45) is 0. The van der Waals surface area contributed by atoms with Gasteiger partial charge >= 0.3 is 5.91 Å². The molecule has 1 aliphatic heterocycles. The minimum absolute atomic E-state index is 0.0438. The molecule has 1 saturated heterocycles. The third-order valence-corrected chi connectivity index (χ3v) is 8.65. The number of hydrogen-bond acceptors (Lipinski definition) is 8. The number of benzene rings is 4. The molecule has 1 amide bonds. The average Bonchev–Trinajstić information content (AvgIpc) is 3.58. The van der Waals surface area contributed by atoms with Crippen LogP contribution in [0.1, 0.15) is 40.8 Å². The van der Waals surface area contributed by atoms with Gasteiger partial charge in [0.05, 0.1) is 35.5 Å². The monoisotopic (exact) mass is 620 g/mol. The Morgan fingerprint density at radius 2 is 1.69 bits per heavy atom. The zero-order valence-electron chi connectivity index (χ0n) is 25.4. The van der Waals surface area contributed by atoms with Crippen LogP contribution in [-0.2, 0) is 16.2 Å². The van der Waals surface area contributed by atoms with Gasteiger partial charge in [0, 0.05) is 5.56 Å². The smallest absolute Gasteiger partial charge is 0.301 e. The number of Topliss-reactive ketones (excluding diaryl/α,β-unsaturated/α-hetero) is 1. The van der Waals surface area contributed by atoms with E-state index in [4.69, 9.17) is 19.2 Å². The van der Waals surface area contributed by atoms with Crippen molar-refractivity contribution in [1.29, 1.82) is 0 Å². The number of rotatable bonds is 9.